The van der Waals surface area contributed by atoms with Crippen LogP contribution in [0.5, 0.6) is 0 Å². The standard InChI is InChI=1S/C20H32N4O5/c1-15-5-6-18(27)24(15)12-7-16(25)22-11-14-29-13-8-17(26)21-9-10-23-19(28)20(2,3)4/h5-6H,1,7-14H2,2-4H3,(H,21,26)(H,22,25)(H,23,28). The molecule has 0 radical (unpaired) electrons. The zero-order valence-corrected chi connectivity index (χ0v) is 17.5. The average molecular weight is 408 g/mol. The van der Waals surface area contributed by atoms with Gasteiger partial charge in [-0.3, -0.25) is 19.2 Å². The molecule has 0 atom stereocenters. The topological polar surface area (TPSA) is 117 Å². The van der Waals surface area contributed by atoms with Gasteiger partial charge in [-0.2, -0.15) is 0 Å². The van der Waals surface area contributed by atoms with Gasteiger partial charge < -0.3 is 25.6 Å². The highest BCUT2D eigenvalue weighted by Gasteiger charge is 2.20. The smallest absolute Gasteiger partial charge is 0.251 e. The van der Waals surface area contributed by atoms with Gasteiger partial charge in [0, 0.05) is 56.2 Å². The normalized spacial score (nSPS) is 13.6. The Bertz CT molecular complexity index is 634. The zero-order valence-electron chi connectivity index (χ0n) is 17.5. The number of rotatable bonds is 12. The summed E-state index contributed by atoms with van der Waals surface area (Å²) in [6.07, 6.45) is 3.42. The van der Waals surface area contributed by atoms with E-state index in [0.717, 1.165) is 0 Å². The third-order valence-corrected chi connectivity index (χ3v) is 4.05. The second kappa shape index (κ2) is 12.0. The van der Waals surface area contributed by atoms with Gasteiger partial charge in [0.1, 0.15) is 0 Å². The summed E-state index contributed by atoms with van der Waals surface area (Å²) in [5, 5.41) is 8.15. The SMILES string of the molecule is C=C1C=CC(=O)N1CCC(=O)NCCOCCC(=O)NCCNC(=O)C(C)(C)C. The zero-order chi connectivity index (χ0) is 21.9. The van der Waals surface area contributed by atoms with Gasteiger partial charge in [0.15, 0.2) is 0 Å². The lowest BCUT2D eigenvalue weighted by molar-refractivity contribution is -0.129. The van der Waals surface area contributed by atoms with E-state index in [1.165, 1.54) is 11.0 Å². The molecule has 1 aliphatic rings. The summed E-state index contributed by atoms with van der Waals surface area (Å²) in [5.41, 5.74) is 0.131. The van der Waals surface area contributed by atoms with Crippen LogP contribution in [-0.4, -0.2) is 67.9 Å². The fraction of sp³-hybridized carbons (Fsp3) is 0.600. The quantitative estimate of drug-likeness (QED) is 0.396. The Morgan fingerprint density at radius 1 is 0.966 bits per heavy atom. The van der Waals surface area contributed by atoms with Crippen LogP contribution < -0.4 is 16.0 Å². The van der Waals surface area contributed by atoms with Crippen molar-refractivity contribution < 1.29 is 23.9 Å². The number of carbonyl (C=O) groups excluding carboxylic acids is 4. The van der Waals surface area contributed by atoms with E-state index in [1.807, 2.05) is 20.8 Å². The van der Waals surface area contributed by atoms with Crippen LogP contribution in [0.4, 0.5) is 0 Å². The molecule has 9 heteroatoms. The minimum atomic E-state index is -0.454. The molecule has 0 bridgehead atoms. The van der Waals surface area contributed by atoms with E-state index in [1.54, 1.807) is 6.08 Å². The number of nitrogens with zero attached hydrogens (tertiary/aromatic N) is 1. The Morgan fingerprint density at radius 2 is 1.59 bits per heavy atom. The second-order valence-electron chi connectivity index (χ2n) is 7.63. The van der Waals surface area contributed by atoms with Gasteiger partial charge in [-0.15, -0.1) is 0 Å². The predicted octanol–water partition coefficient (Wildman–Crippen LogP) is 0.0900. The minimum absolute atomic E-state index is 0.0641. The number of ether oxygens (including phenoxy) is 1. The molecule has 1 heterocycles. The van der Waals surface area contributed by atoms with Gasteiger partial charge in [-0.1, -0.05) is 27.4 Å². The number of allylic oxidation sites excluding steroid dienone is 1. The Morgan fingerprint density at radius 3 is 2.21 bits per heavy atom. The van der Waals surface area contributed by atoms with Crippen LogP contribution in [0, 0.1) is 5.41 Å². The monoisotopic (exact) mass is 408 g/mol. The first-order valence-electron chi connectivity index (χ1n) is 9.69. The van der Waals surface area contributed by atoms with E-state index in [0.29, 0.717) is 25.3 Å². The number of nitrogens with one attached hydrogen (secondary N) is 3. The molecule has 0 spiro atoms. The Kier molecular flexibility index (Phi) is 10.1. The van der Waals surface area contributed by atoms with Crippen molar-refractivity contribution in [2.45, 2.75) is 33.6 Å². The van der Waals surface area contributed by atoms with Crippen LogP contribution in [0.3, 0.4) is 0 Å². The maximum Gasteiger partial charge on any atom is 0.251 e. The summed E-state index contributed by atoms with van der Waals surface area (Å²) in [5.74, 6) is -0.578. The van der Waals surface area contributed by atoms with E-state index in [2.05, 4.69) is 22.5 Å². The number of hydrogen-bond acceptors (Lipinski definition) is 5. The van der Waals surface area contributed by atoms with Crippen molar-refractivity contribution in [2.24, 2.45) is 5.41 Å². The molecule has 0 fully saturated rings. The summed E-state index contributed by atoms with van der Waals surface area (Å²) in [6, 6.07) is 0. The molecule has 0 unspecified atom stereocenters. The molecule has 1 aliphatic heterocycles. The summed E-state index contributed by atoms with van der Waals surface area (Å²) in [4.78, 5) is 48.1. The molecule has 1 rings (SSSR count). The third kappa shape index (κ3) is 9.89. The maximum atomic E-state index is 11.8. The van der Waals surface area contributed by atoms with Gasteiger partial charge in [0.25, 0.3) is 5.91 Å². The van der Waals surface area contributed by atoms with Crippen LogP contribution in [0.1, 0.15) is 33.6 Å². The van der Waals surface area contributed by atoms with Crippen LogP contribution in [-0.2, 0) is 23.9 Å². The van der Waals surface area contributed by atoms with E-state index >= 15 is 0 Å². The van der Waals surface area contributed by atoms with Crippen molar-refractivity contribution in [3.05, 3.63) is 24.4 Å². The van der Waals surface area contributed by atoms with Gasteiger partial charge in [0.2, 0.25) is 17.7 Å². The maximum absolute atomic E-state index is 11.8. The predicted molar refractivity (Wildman–Crippen MR) is 109 cm³/mol. The molecular formula is C20H32N4O5. The first-order chi connectivity index (χ1) is 13.6. The van der Waals surface area contributed by atoms with Crippen molar-refractivity contribution in [3.8, 4) is 0 Å². The molecule has 0 aromatic carbocycles. The molecule has 4 amide bonds. The lowest BCUT2D eigenvalue weighted by Crippen LogP contribution is -2.40. The van der Waals surface area contributed by atoms with Gasteiger partial charge in [0.05, 0.1) is 13.2 Å². The molecule has 3 N–H and O–H groups in total. The summed E-state index contributed by atoms with van der Waals surface area (Å²) in [6.45, 7) is 11.1. The highest BCUT2D eigenvalue weighted by Crippen LogP contribution is 2.13. The van der Waals surface area contributed by atoms with Gasteiger partial charge in [-0.25, -0.2) is 0 Å². The van der Waals surface area contributed by atoms with Crippen LogP contribution in [0.15, 0.2) is 24.4 Å². The molecule has 29 heavy (non-hydrogen) atoms. The fourth-order valence-corrected chi connectivity index (χ4v) is 2.31. The van der Waals surface area contributed by atoms with Gasteiger partial charge >= 0.3 is 0 Å². The van der Waals surface area contributed by atoms with Crippen molar-refractivity contribution in [1.29, 1.82) is 0 Å². The van der Waals surface area contributed by atoms with Crippen LogP contribution >= 0.6 is 0 Å². The lowest BCUT2D eigenvalue weighted by Gasteiger charge is -2.17. The fourth-order valence-electron chi connectivity index (χ4n) is 2.31. The number of amides is 4. The van der Waals surface area contributed by atoms with Gasteiger partial charge in [-0.05, 0) is 6.08 Å². The van der Waals surface area contributed by atoms with Crippen molar-refractivity contribution in [3.63, 3.8) is 0 Å². The largest absolute Gasteiger partial charge is 0.379 e. The number of hydrogen-bond donors (Lipinski definition) is 3. The number of carbonyl (C=O) groups is 4. The summed E-state index contributed by atoms with van der Waals surface area (Å²) in [7, 11) is 0. The first-order valence-corrected chi connectivity index (χ1v) is 9.69. The molecule has 0 aromatic heterocycles. The molecule has 9 nitrogen and oxygen atoms in total. The summed E-state index contributed by atoms with van der Waals surface area (Å²) >= 11 is 0. The molecule has 0 aliphatic carbocycles. The lowest BCUT2D eigenvalue weighted by atomic mass is 9.96. The highest BCUT2D eigenvalue weighted by molar-refractivity contribution is 5.93. The second-order valence-corrected chi connectivity index (χ2v) is 7.63. The van der Waals surface area contributed by atoms with E-state index in [4.69, 9.17) is 4.74 Å². The average Bonchev–Trinajstić information content (AvgIpc) is 2.96. The Hall–Kier alpha value is -2.68. The summed E-state index contributed by atoms with van der Waals surface area (Å²) < 4.78 is 5.32. The first kappa shape index (κ1) is 24.4. The highest BCUT2D eigenvalue weighted by atomic mass is 16.5. The molecule has 0 saturated carbocycles. The van der Waals surface area contributed by atoms with Crippen molar-refractivity contribution in [2.75, 3.05) is 39.4 Å². The molecular weight excluding hydrogens is 376 g/mol. The molecule has 0 aromatic rings. The van der Waals surface area contributed by atoms with Crippen molar-refractivity contribution in [1.82, 2.24) is 20.9 Å². The Labute approximate surface area is 171 Å². The minimum Gasteiger partial charge on any atom is -0.379 e. The third-order valence-electron chi connectivity index (χ3n) is 4.05. The molecule has 162 valence electrons. The van der Waals surface area contributed by atoms with E-state index in [-0.39, 0.29) is 56.2 Å². The molecule has 0 saturated heterocycles. The van der Waals surface area contributed by atoms with E-state index < -0.39 is 5.41 Å². The van der Waals surface area contributed by atoms with Crippen LogP contribution in [0.25, 0.3) is 0 Å². The Balaban J connectivity index is 1.97. The van der Waals surface area contributed by atoms with E-state index in [9.17, 15) is 19.2 Å². The van der Waals surface area contributed by atoms with Crippen LogP contribution in [0.2, 0.25) is 0 Å². The van der Waals surface area contributed by atoms with Crippen molar-refractivity contribution >= 4 is 23.6 Å².